The molecule has 13 heavy (non-hydrogen) atoms. The van der Waals surface area contributed by atoms with Crippen LogP contribution in [0.15, 0.2) is 41.3 Å². The lowest BCUT2D eigenvalue weighted by atomic mass is 10.2. The van der Waals surface area contributed by atoms with Crippen LogP contribution >= 0.6 is 0 Å². The molecule has 4 nitrogen and oxygen atoms in total. The van der Waals surface area contributed by atoms with Crippen molar-refractivity contribution in [3.8, 4) is 0 Å². The summed E-state index contributed by atoms with van der Waals surface area (Å²) in [6.07, 6.45) is 1.16. The van der Waals surface area contributed by atoms with E-state index in [1.807, 2.05) is 0 Å². The van der Waals surface area contributed by atoms with E-state index >= 15 is 0 Å². The summed E-state index contributed by atoms with van der Waals surface area (Å²) in [6.45, 7) is 0. The van der Waals surface area contributed by atoms with Crippen LogP contribution in [0.5, 0.6) is 0 Å². The van der Waals surface area contributed by atoms with Gasteiger partial charge >= 0.3 is 0 Å². The van der Waals surface area contributed by atoms with Gasteiger partial charge in [-0.25, -0.2) is 0 Å². The third-order valence-corrected chi connectivity index (χ3v) is 1.78. The summed E-state index contributed by atoms with van der Waals surface area (Å²) in [5.74, 6) is 0. The first kappa shape index (κ1) is 7.67. The van der Waals surface area contributed by atoms with E-state index in [9.17, 15) is 9.70 Å². The van der Waals surface area contributed by atoms with Gasteiger partial charge in [0.05, 0.1) is 16.4 Å². The maximum Gasteiger partial charge on any atom is 0.261 e. The van der Waals surface area contributed by atoms with E-state index in [4.69, 9.17) is 0 Å². The van der Waals surface area contributed by atoms with Gasteiger partial charge in [-0.05, 0) is 12.1 Å². The quantitative estimate of drug-likeness (QED) is 0.591. The Balaban J connectivity index is 3.13. The molecule has 1 N–H and O–H groups in total. The lowest BCUT2D eigenvalue weighted by molar-refractivity contribution is -0.560. The lowest BCUT2D eigenvalue weighted by Crippen LogP contribution is -2.14. The monoisotopic (exact) mass is 175 g/mol. The van der Waals surface area contributed by atoms with E-state index in [0.717, 1.165) is 6.20 Å². The molecule has 0 radical (unpaired) electrons. The van der Waals surface area contributed by atoms with Gasteiger partial charge in [-0.3, -0.25) is 4.79 Å². The van der Waals surface area contributed by atoms with E-state index in [0.29, 0.717) is 15.4 Å². The topological polar surface area (TPSA) is 55.8 Å². The molecule has 0 amide bonds. The first-order valence-electron chi connectivity index (χ1n) is 3.82. The number of nitrogens with one attached hydrogen (secondary N) is 1. The van der Waals surface area contributed by atoms with Crippen LogP contribution in [0, 0.1) is 4.91 Å². The van der Waals surface area contributed by atoms with Gasteiger partial charge in [0.25, 0.3) is 6.20 Å². The summed E-state index contributed by atoms with van der Waals surface area (Å²) in [6, 6.07) is 8.12. The predicted molar refractivity (Wildman–Crippen MR) is 47.9 cm³/mol. The zero-order valence-corrected chi connectivity index (χ0v) is 6.73. The van der Waals surface area contributed by atoms with Crippen LogP contribution in [0.25, 0.3) is 10.9 Å². The molecule has 1 heterocycles. The second-order valence-electron chi connectivity index (χ2n) is 2.66. The van der Waals surface area contributed by atoms with Crippen molar-refractivity contribution in [3.63, 3.8) is 0 Å². The molecule has 1 aromatic heterocycles. The molecule has 64 valence electrons. The number of aromatic nitrogens is 2. The number of aromatic amines is 1. The zero-order valence-electron chi connectivity index (χ0n) is 6.73. The molecule has 1 aromatic carbocycles. The number of hydrogen-bond acceptors (Lipinski definition) is 2. The van der Waals surface area contributed by atoms with Crippen molar-refractivity contribution in [1.29, 1.82) is 0 Å². The summed E-state index contributed by atoms with van der Waals surface area (Å²) in [5.41, 5.74) is 0.369. The third kappa shape index (κ3) is 1.33. The first-order valence-corrected chi connectivity index (χ1v) is 3.82. The average molecular weight is 175 g/mol. The van der Waals surface area contributed by atoms with Gasteiger partial charge in [-0.2, -0.15) is 0 Å². The van der Waals surface area contributed by atoms with E-state index < -0.39 is 0 Å². The average Bonchev–Trinajstić information content (AvgIpc) is 2.27. The molecular formula is C9H7N2O2+. The zero-order chi connectivity index (χ0) is 9.26. The fraction of sp³-hybridized carbons (Fsp3) is 0. The van der Waals surface area contributed by atoms with Gasteiger partial charge in [-0.1, -0.05) is 12.1 Å². The maximum atomic E-state index is 11.4. The minimum absolute atomic E-state index is 0.165. The van der Waals surface area contributed by atoms with E-state index in [1.54, 1.807) is 24.3 Å². The Morgan fingerprint density at radius 1 is 1.15 bits per heavy atom. The lowest BCUT2D eigenvalue weighted by Gasteiger charge is -1.84. The van der Waals surface area contributed by atoms with Crippen molar-refractivity contribution in [1.82, 2.24) is 5.10 Å². The number of H-pyrrole nitrogens is 1. The second kappa shape index (κ2) is 2.82. The molecule has 0 unspecified atom stereocenters. The molecule has 2 rings (SSSR count). The second-order valence-corrected chi connectivity index (χ2v) is 2.66. The van der Waals surface area contributed by atoms with Crippen LogP contribution in [0.2, 0.25) is 0 Å². The molecule has 0 saturated carbocycles. The highest BCUT2D eigenvalue weighted by Gasteiger charge is 1.98. The molecule has 0 bridgehead atoms. The Kier molecular flexibility index (Phi) is 1.66. The summed E-state index contributed by atoms with van der Waals surface area (Å²) >= 11 is 0. The summed E-state index contributed by atoms with van der Waals surface area (Å²) in [4.78, 5) is 22.3. The molecule has 0 saturated heterocycles. The largest absolute Gasteiger partial charge is 0.289 e. The van der Waals surface area contributed by atoms with Crippen molar-refractivity contribution in [3.05, 3.63) is 51.7 Å². The van der Waals surface area contributed by atoms with Crippen molar-refractivity contribution in [2.75, 3.05) is 0 Å². The maximum absolute atomic E-state index is 11.4. The van der Waals surface area contributed by atoms with E-state index in [2.05, 4.69) is 5.10 Å². The van der Waals surface area contributed by atoms with Crippen molar-refractivity contribution in [2.24, 2.45) is 0 Å². The molecule has 0 spiro atoms. The van der Waals surface area contributed by atoms with Crippen LogP contribution in [0.3, 0.4) is 0 Å². The van der Waals surface area contributed by atoms with Crippen molar-refractivity contribution >= 4 is 10.9 Å². The smallest absolute Gasteiger partial charge is 0.261 e. The van der Waals surface area contributed by atoms with Crippen molar-refractivity contribution in [2.45, 2.75) is 0 Å². The molecule has 4 heteroatoms. The number of rotatable bonds is 0. The van der Waals surface area contributed by atoms with Crippen LogP contribution in [0.1, 0.15) is 0 Å². The number of hydrogen-bond donors (Lipinski definition) is 1. The van der Waals surface area contributed by atoms with E-state index in [1.165, 1.54) is 6.07 Å². The normalized spacial score (nSPS) is 10.2. The first-order chi connectivity index (χ1) is 6.27. The Morgan fingerprint density at radius 3 is 2.77 bits per heavy atom. The highest BCUT2D eigenvalue weighted by molar-refractivity contribution is 5.76. The van der Waals surface area contributed by atoms with E-state index in [-0.39, 0.29) is 5.43 Å². The predicted octanol–water partition coefficient (Wildman–Crippen LogP) is 0.443. The molecule has 0 aliphatic carbocycles. The third-order valence-electron chi connectivity index (χ3n) is 1.78. The number of benzene rings is 1. The fourth-order valence-corrected chi connectivity index (χ4v) is 1.18. The summed E-state index contributed by atoms with van der Waals surface area (Å²) < 4.78 is 0.504. The Bertz CT molecular complexity index is 560. The Labute approximate surface area is 73.0 Å². The van der Waals surface area contributed by atoms with Gasteiger partial charge in [0.2, 0.25) is 0 Å². The van der Waals surface area contributed by atoms with Gasteiger partial charge in [0.15, 0.2) is 9.97 Å². The molecule has 0 atom stereocenters. The number of para-hydroxylation sites is 1. The highest BCUT2D eigenvalue weighted by atomic mass is 16.3. The van der Waals surface area contributed by atoms with Crippen molar-refractivity contribution < 1.29 is 4.54 Å². The van der Waals surface area contributed by atoms with Gasteiger partial charge < -0.3 is 0 Å². The van der Waals surface area contributed by atoms with Crippen LogP contribution in [-0.4, -0.2) is 5.10 Å². The van der Waals surface area contributed by atoms with Gasteiger partial charge in [0, 0.05) is 0 Å². The Hall–Kier alpha value is -1.97. The number of nitrogens with zero attached hydrogens (tertiary/aromatic N) is 1. The summed E-state index contributed by atoms with van der Waals surface area (Å²) in [7, 11) is 0. The Morgan fingerprint density at radius 2 is 1.92 bits per heavy atom. The number of fused-ring (bicyclic) bond motifs is 1. The van der Waals surface area contributed by atoms with Crippen LogP contribution in [-0.2, 0) is 0 Å². The molecular weight excluding hydrogens is 168 g/mol. The van der Waals surface area contributed by atoms with Gasteiger partial charge in [-0.15, -0.1) is 5.10 Å². The van der Waals surface area contributed by atoms with Crippen LogP contribution < -0.4 is 9.97 Å². The van der Waals surface area contributed by atoms with Crippen LogP contribution in [0.4, 0.5) is 0 Å². The molecule has 2 aromatic rings. The SMILES string of the molecule is O=c1cc[n+](=O)[nH]c2ccccc12. The highest BCUT2D eigenvalue weighted by Crippen LogP contribution is 2.01. The molecule has 0 aliphatic rings. The molecule has 0 aliphatic heterocycles. The molecule has 0 fully saturated rings. The van der Waals surface area contributed by atoms with Gasteiger partial charge in [0.1, 0.15) is 5.52 Å². The standard InChI is InChI=1S/C9H6N2O2/c12-9-5-6-11(13)10-8-4-2-1-3-7(8)9/h1-6H/p+1. The summed E-state index contributed by atoms with van der Waals surface area (Å²) in [5, 5.41) is 3.03. The fourth-order valence-electron chi connectivity index (χ4n) is 1.18. The minimum atomic E-state index is -0.165. The minimum Gasteiger partial charge on any atom is -0.289 e.